The Labute approximate surface area is 121 Å². The lowest BCUT2D eigenvalue weighted by atomic mass is 9.98. The van der Waals surface area contributed by atoms with Crippen LogP contribution in [0, 0.1) is 13.8 Å². The van der Waals surface area contributed by atoms with Crippen LogP contribution in [0.1, 0.15) is 42.5 Å². The molecule has 1 aromatic carbocycles. The molecule has 108 valence electrons. The van der Waals surface area contributed by atoms with Crippen molar-refractivity contribution in [3.63, 3.8) is 0 Å². The van der Waals surface area contributed by atoms with Gasteiger partial charge in [-0.15, -0.1) is 0 Å². The standard InChI is InChI=1S/C17H23NO2/c1-5-18-17(15-11-12(3)20-13(15)4)14-9-7-8-10-16(14)19-6-2/h7-11,17-18H,5-6H2,1-4H3. The summed E-state index contributed by atoms with van der Waals surface area (Å²) in [4.78, 5) is 0. The van der Waals surface area contributed by atoms with Gasteiger partial charge in [0.1, 0.15) is 17.3 Å². The lowest BCUT2D eigenvalue weighted by molar-refractivity contribution is 0.333. The van der Waals surface area contributed by atoms with E-state index in [1.165, 1.54) is 5.56 Å². The highest BCUT2D eigenvalue weighted by molar-refractivity contribution is 5.42. The highest BCUT2D eigenvalue weighted by Gasteiger charge is 2.21. The molecular weight excluding hydrogens is 250 g/mol. The van der Waals surface area contributed by atoms with Gasteiger partial charge in [0.25, 0.3) is 0 Å². The van der Waals surface area contributed by atoms with Gasteiger partial charge in [-0.25, -0.2) is 0 Å². The smallest absolute Gasteiger partial charge is 0.124 e. The highest BCUT2D eigenvalue weighted by Crippen LogP contribution is 2.33. The number of hydrogen-bond donors (Lipinski definition) is 1. The van der Waals surface area contributed by atoms with Gasteiger partial charge in [-0.2, -0.15) is 0 Å². The summed E-state index contributed by atoms with van der Waals surface area (Å²) in [5, 5.41) is 3.53. The molecule has 20 heavy (non-hydrogen) atoms. The third-order valence-corrected chi connectivity index (χ3v) is 3.33. The average Bonchev–Trinajstić information content (AvgIpc) is 2.76. The van der Waals surface area contributed by atoms with Crippen LogP contribution in [-0.2, 0) is 0 Å². The number of benzene rings is 1. The zero-order valence-corrected chi connectivity index (χ0v) is 12.7. The summed E-state index contributed by atoms with van der Waals surface area (Å²) >= 11 is 0. The van der Waals surface area contributed by atoms with Crippen LogP contribution in [0.5, 0.6) is 5.75 Å². The molecule has 1 atom stereocenters. The molecule has 2 rings (SSSR count). The van der Waals surface area contributed by atoms with Gasteiger partial charge in [-0.1, -0.05) is 25.1 Å². The molecule has 2 aromatic rings. The minimum atomic E-state index is 0.0974. The maximum absolute atomic E-state index is 5.76. The third-order valence-electron chi connectivity index (χ3n) is 3.33. The summed E-state index contributed by atoms with van der Waals surface area (Å²) in [6.45, 7) is 9.66. The molecular formula is C17H23NO2. The van der Waals surface area contributed by atoms with E-state index in [1.54, 1.807) is 0 Å². The third kappa shape index (κ3) is 3.05. The van der Waals surface area contributed by atoms with Gasteiger partial charge in [-0.05, 0) is 39.4 Å². The molecule has 0 fully saturated rings. The van der Waals surface area contributed by atoms with Crippen LogP contribution in [-0.4, -0.2) is 13.2 Å². The molecule has 0 bridgehead atoms. The van der Waals surface area contributed by atoms with Gasteiger partial charge in [0.2, 0.25) is 0 Å². The van der Waals surface area contributed by atoms with Crippen molar-refractivity contribution in [3.05, 3.63) is 53.0 Å². The fraction of sp³-hybridized carbons (Fsp3) is 0.412. The van der Waals surface area contributed by atoms with Crippen LogP contribution in [0.2, 0.25) is 0 Å². The van der Waals surface area contributed by atoms with E-state index in [-0.39, 0.29) is 6.04 Å². The minimum Gasteiger partial charge on any atom is -0.494 e. The quantitative estimate of drug-likeness (QED) is 0.864. The lowest BCUT2D eigenvalue weighted by Crippen LogP contribution is -2.23. The molecule has 0 saturated heterocycles. The van der Waals surface area contributed by atoms with Crippen molar-refractivity contribution in [2.75, 3.05) is 13.2 Å². The number of hydrogen-bond acceptors (Lipinski definition) is 3. The second-order valence-electron chi connectivity index (χ2n) is 4.83. The molecule has 1 N–H and O–H groups in total. The highest BCUT2D eigenvalue weighted by atomic mass is 16.5. The molecule has 0 spiro atoms. The first-order valence-electron chi connectivity index (χ1n) is 7.19. The normalized spacial score (nSPS) is 12.4. The van der Waals surface area contributed by atoms with E-state index in [2.05, 4.69) is 24.4 Å². The number of furan rings is 1. The van der Waals surface area contributed by atoms with Gasteiger partial charge in [-0.3, -0.25) is 0 Å². The van der Waals surface area contributed by atoms with Crippen LogP contribution in [0.15, 0.2) is 34.7 Å². The van der Waals surface area contributed by atoms with Crippen molar-refractivity contribution < 1.29 is 9.15 Å². The predicted octanol–water partition coefficient (Wildman–Crippen LogP) is 3.99. The average molecular weight is 273 g/mol. The molecule has 1 aromatic heterocycles. The lowest BCUT2D eigenvalue weighted by Gasteiger charge is -2.21. The van der Waals surface area contributed by atoms with Crippen molar-refractivity contribution in [2.24, 2.45) is 0 Å². The van der Waals surface area contributed by atoms with Crippen LogP contribution < -0.4 is 10.1 Å². The van der Waals surface area contributed by atoms with Crippen molar-refractivity contribution in [1.29, 1.82) is 0 Å². The second-order valence-corrected chi connectivity index (χ2v) is 4.83. The monoisotopic (exact) mass is 273 g/mol. The van der Waals surface area contributed by atoms with Crippen LogP contribution in [0.4, 0.5) is 0 Å². The Morgan fingerprint density at radius 3 is 2.50 bits per heavy atom. The zero-order chi connectivity index (χ0) is 14.5. The van der Waals surface area contributed by atoms with E-state index in [9.17, 15) is 0 Å². The Morgan fingerprint density at radius 2 is 1.90 bits per heavy atom. The molecule has 3 heteroatoms. The molecule has 0 aliphatic carbocycles. The van der Waals surface area contributed by atoms with E-state index in [0.29, 0.717) is 6.61 Å². The molecule has 0 amide bonds. The summed E-state index contributed by atoms with van der Waals surface area (Å²) in [5.74, 6) is 2.83. The van der Waals surface area contributed by atoms with Gasteiger partial charge < -0.3 is 14.5 Å². The van der Waals surface area contributed by atoms with E-state index < -0.39 is 0 Å². The number of nitrogens with one attached hydrogen (secondary N) is 1. The first-order valence-corrected chi connectivity index (χ1v) is 7.19. The molecule has 0 radical (unpaired) electrons. The Kier molecular flexibility index (Phi) is 4.85. The van der Waals surface area contributed by atoms with E-state index in [1.807, 2.05) is 39.0 Å². The number of para-hydroxylation sites is 1. The summed E-state index contributed by atoms with van der Waals surface area (Å²) in [7, 11) is 0. The predicted molar refractivity (Wildman–Crippen MR) is 81.3 cm³/mol. The maximum Gasteiger partial charge on any atom is 0.124 e. The Bertz CT molecular complexity index is 560. The fourth-order valence-corrected chi connectivity index (χ4v) is 2.53. The van der Waals surface area contributed by atoms with Crippen molar-refractivity contribution in [3.8, 4) is 5.75 Å². The first kappa shape index (κ1) is 14.7. The summed E-state index contributed by atoms with van der Waals surface area (Å²) in [6.07, 6.45) is 0. The summed E-state index contributed by atoms with van der Waals surface area (Å²) in [5.41, 5.74) is 2.33. The molecule has 1 unspecified atom stereocenters. The van der Waals surface area contributed by atoms with E-state index in [0.717, 1.165) is 29.4 Å². The molecule has 3 nitrogen and oxygen atoms in total. The molecule has 0 aliphatic heterocycles. The molecule has 0 saturated carbocycles. The Morgan fingerprint density at radius 1 is 1.15 bits per heavy atom. The van der Waals surface area contributed by atoms with Gasteiger partial charge in [0.15, 0.2) is 0 Å². The van der Waals surface area contributed by atoms with Crippen molar-refractivity contribution >= 4 is 0 Å². The first-order chi connectivity index (χ1) is 9.67. The Hall–Kier alpha value is -1.74. The van der Waals surface area contributed by atoms with Crippen LogP contribution in [0.25, 0.3) is 0 Å². The molecule has 0 aliphatic rings. The minimum absolute atomic E-state index is 0.0974. The van der Waals surface area contributed by atoms with Gasteiger partial charge >= 0.3 is 0 Å². The largest absolute Gasteiger partial charge is 0.494 e. The van der Waals surface area contributed by atoms with Crippen molar-refractivity contribution in [2.45, 2.75) is 33.7 Å². The van der Waals surface area contributed by atoms with E-state index >= 15 is 0 Å². The fourth-order valence-electron chi connectivity index (χ4n) is 2.53. The number of rotatable bonds is 6. The SMILES string of the molecule is CCNC(c1ccccc1OCC)c1cc(C)oc1C. The van der Waals surface area contributed by atoms with Gasteiger partial charge in [0, 0.05) is 11.1 Å². The number of aryl methyl sites for hydroxylation is 2. The van der Waals surface area contributed by atoms with E-state index in [4.69, 9.17) is 9.15 Å². The second kappa shape index (κ2) is 6.62. The summed E-state index contributed by atoms with van der Waals surface area (Å²) in [6, 6.07) is 10.4. The van der Waals surface area contributed by atoms with Crippen molar-refractivity contribution in [1.82, 2.24) is 5.32 Å². The summed E-state index contributed by atoms with van der Waals surface area (Å²) < 4.78 is 11.4. The number of ether oxygens (including phenoxy) is 1. The van der Waals surface area contributed by atoms with Gasteiger partial charge in [0.05, 0.1) is 12.6 Å². The molecule has 1 heterocycles. The maximum atomic E-state index is 5.76. The van der Waals surface area contributed by atoms with Crippen LogP contribution in [0.3, 0.4) is 0 Å². The Balaban J connectivity index is 2.45. The topological polar surface area (TPSA) is 34.4 Å². The zero-order valence-electron chi connectivity index (χ0n) is 12.7. The van der Waals surface area contributed by atoms with Crippen LogP contribution >= 0.6 is 0 Å².